The van der Waals surface area contributed by atoms with E-state index in [-0.39, 0.29) is 11.3 Å². The van der Waals surface area contributed by atoms with Crippen molar-refractivity contribution in [3.8, 4) is 5.75 Å². The molecule has 0 saturated heterocycles. The summed E-state index contributed by atoms with van der Waals surface area (Å²) in [5.74, 6) is -0.854. The third-order valence-electron chi connectivity index (χ3n) is 4.47. The molecule has 0 bridgehead atoms. The molecule has 0 aliphatic carbocycles. The summed E-state index contributed by atoms with van der Waals surface area (Å²) in [5, 5.41) is 6.44. The van der Waals surface area contributed by atoms with Crippen molar-refractivity contribution >= 4 is 24.1 Å². The maximum Gasteiger partial charge on any atom is 0.287 e. The number of nitrogens with zero attached hydrogens (tertiary/aromatic N) is 1. The van der Waals surface area contributed by atoms with Gasteiger partial charge in [-0.25, -0.2) is 9.82 Å². The maximum atomic E-state index is 13.7. The normalized spacial score (nSPS) is 11.3. The Morgan fingerprint density at radius 2 is 1.67 bits per heavy atom. The second-order valence-electron chi connectivity index (χ2n) is 7.02. The molecule has 0 saturated carbocycles. The van der Waals surface area contributed by atoms with E-state index in [0.717, 1.165) is 6.42 Å². The fourth-order valence-corrected chi connectivity index (χ4v) is 2.79. The predicted octanol–water partition coefficient (Wildman–Crippen LogP) is 4.54. The number of benzene rings is 3. The van der Waals surface area contributed by atoms with Crippen molar-refractivity contribution in [2.75, 3.05) is 6.61 Å². The van der Waals surface area contributed by atoms with Crippen molar-refractivity contribution in [2.45, 2.75) is 13.3 Å². The lowest BCUT2D eigenvalue weighted by Crippen LogP contribution is -2.32. The van der Waals surface area contributed by atoms with E-state index in [9.17, 15) is 14.0 Å². The summed E-state index contributed by atoms with van der Waals surface area (Å²) in [6.45, 7) is 2.63. The first kappa shape index (κ1) is 23.4. The van der Waals surface area contributed by atoms with Gasteiger partial charge in [0.1, 0.15) is 17.3 Å². The number of nitrogens with one attached hydrogen (secondary N) is 2. The zero-order valence-electron chi connectivity index (χ0n) is 18.1. The van der Waals surface area contributed by atoms with Crippen LogP contribution < -0.4 is 15.5 Å². The van der Waals surface area contributed by atoms with Crippen LogP contribution >= 0.6 is 0 Å². The number of hydrogen-bond donors (Lipinski definition) is 2. The number of hydrazone groups is 1. The van der Waals surface area contributed by atoms with Gasteiger partial charge < -0.3 is 10.1 Å². The minimum Gasteiger partial charge on any atom is -0.494 e. The highest BCUT2D eigenvalue weighted by Crippen LogP contribution is 2.15. The molecule has 0 radical (unpaired) electrons. The van der Waals surface area contributed by atoms with Gasteiger partial charge in [-0.05, 0) is 48.4 Å². The number of carbonyl (C=O) groups excluding carboxylic acids is 2. The Kier molecular flexibility index (Phi) is 8.48. The predicted molar refractivity (Wildman–Crippen MR) is 126 cm³/mol. The zero-order valence-corrected chi connectivity index (χ0v) is 18.1. The van der Waals surface area contributed by atoms with E-state index >= 15 is 0 Å². The van der Waals surface area contributed by atoms with Gasteiger partial charge in [0.25, 0.3) is 11.8 Å². The minimum atomic E-state index is -0.654. The highest BCUT2D eigenvalue weighted by atomic mass is 19.1. The number of hydrogen-bond acceptors (Lipinski definition) is 4. The van der Waals surface area contributed by atoms with Crippen molar-refractivity contribution in [3.63, 3.8) is 0 Å². The molecule has 3 rings (SSSR count). The Labute approximate surface area is 191 Å². The largest absolute Gasteiger partial charge is 0.494 e. The van der Waals surface area contributed by atoms with Gasteiger partial charge in [0.15, 0.2) is 0 Å². The molecule has 6 nitrogen and oxygen atoms in total. The molecule has 3 aromatic carbocycles. The zero-order chi connectivity index (χ0) is 23.5. The highest BCUT2D eigenvalue weighted by Gasteiger charge is 2.14. The van der Waals surface area contributed by atoms with Crippen LogP contribution in [0.1, 0.15) is 34.8 Å². The fourth-order valence-electron chi connectivity index (χ4n) is 2.79. The molecule has 0 aliphatic heterocycles. The maximum absolute atomic E-state index is 13.7. The summed E-state index contributed by atoms with van der Waals surface area (Å²) < 4.78 is 19.3. The van der Waals surface area contributed by atoms with Crippen LogP contribution in [0.3, 0.4) is 0 Å². The van der Waals surface area contributed by atoms with Gasteiger partial charge in [0, 0.05) is 11.1 Å². The van der Waals surface area contributed by atoms with Crippen LogP contribution in [0.4, 0.5) is 4.39 Å². The van der Waals surface area contributed by atoms with Gasteiger partial charge in [-0.1, -0.05) is 55.5 Å². The molecule has 0 atom stereocenters. The monoisotopic (exact) mass is 445 g/mol. The molecule has 2 amide bonds. The van der Waals surface area contributed by atoms with E-state index in [1.54, 1.807) is 66.7 Å². The smallest absolute Gasteiger partial charge is 0.287 e. The van der Waals surface area contributed by atoms with Crippen LogP contribution in [0.2, 0.25) is 0 Å². The minimum absolute atomic E-state index is 0.0169. The molecule has 0 spiro atoms. The molecule has 168 valence electrons. The van der Waals surface area contributed by atoms with E-state index in [0.29, 0.717) is 23.5 Å². The standard InChI is InChI=1S/C26H24FN3O3/c1-2-16-33-22-14-12-19(13-15-22)17-24(29-25(31)20-8-4-3-5-9-20)26(32)30-28-18-21-10-6-7-11-23(21)27/h3-15,17-18H,2,16H2,1H3,(H,29,31)(H,30,32)/b24-17-,28-18-. The Morgan fingerprint density at radius 3 is 2.36 bits per heavy atom. The molecule has 0 aromatic heterocycles. The second kappa shape index (κ2) is 12.0. The molecule has 33 heavy (non-hydrogen) atoms. The first-order chi connectivity index (χ1) is 16.1. The third-order valence-corrected chi connectivity index (χ3v) is 4.47. The number of ether oxygens (including phenoxy) is 1. The van der Waals surface area contributed by atoms with Crippen molar-refractivity contribution < 1.29 is 18.7 Å². The molecule has 0 fully saturated rings. The van der Waals surface area contributed by atoms with E-state index < -0.39 is 17.6 Å². The van der Waals surface area contributed by atoms with E-state index in [1.165, 1.54) is 24.4 Å². The summed E-state index contributed by atoms with van der Waals surface area (Å²) in [6, 6.07) is 21.7. The Bertz CT molecular complexity index is 1140. The van der Waals surface area contributed by atoms with Crippen LogP contribution in [0, 0.1) is 5.82 Å². The van der Waals surface area contributed by atoms with Crippen molar-refractivity contribution in [1.82, 2.24) is 10.7 Å². The van der Waals surface area contributed by atoms with Crippen LogP contribution in [-0.2, 0) is 4.79 Å². The van der Waals surface area contributed by atoms with Crippen LogP contribution in [0.25, 0.3) is 6.08 Å². The molecular formula is C26H24FN3O3. The van der Waals surface area contributed by atoms with Gasteiger partial charge >= 0.3 is 0 Å². The lowest BCUT2D eigenvalue weighted by atomic mass is 10.1. The summed E-state index contributed by atoms with van der Waals surface area (Å²) in [6.07, 6.45) is 3.62. The molecule has 0 aliphatic rings. The topological polar surface area (TPSA) is 79.8 Å². The first-order valence-corrected chi connectivity index (χ1v) is 10.5. The van der Waals surface area contributed by atoms with E-state index in [1.807, 2.05) is 6.92 Å². The molecule has 3 aromatic rings. The number of halogens is 1. The Morgan fingerprint density at radius 1 is 0.970 bits per heavy atom. The molecule has 0 heterocycles. The van der Waals surface area contributed by atoms with Gasteiger partial charge in [0.2, 0.25) is 0 Å². The van der Waals surface area contributed by atoms with Crippen LogP contribution in [0.15, 0.2) is 89.7 Å². The summed E-state index contributed by atoms with van der Waals surface area (Å²) >= 11 is 0. The first-order valence-electron chi connectivity index (χ1n) is 10.5. The lowest BCUT2D eigenvalue weighted by molar-refractivity contribution is -0.117. The molecule has 7 heteroatoms. The van der Waals surface area contributed by atoms with Crippen molar-refractivity contribution in [1.29, 1.82) is 0 Å². The lowest BCUT2D eigenvalue weighted by Gasteiger charge is -2.10. The SMILES string of the molecule is CCCOc1ccc(/C=C(\NC(=O)c2ccccc2)C(=O)N/N=C\c2ccccc2F)cc1. The molecule has 0 unspecified atom stereocenters. The summed E-state index contributed by atoms with van der Waals surface area (Å²) in [7, 11) is 0. The Balaban J connectivity index is 1.79. The van der Waals surface area contributed by atoms with Gasteiger partial charge in [-0.15, -0.1) is 0 Å². The van der Waals surface area contributed by atoms with E-state index in [4.69, 9.17) is 4.74 Å². The molecule has 2 N–H and O–H groups in total. The fraction of sp³-hybridized carbons (Fsp3) is 0.115. The second-order valence-corrected chi connectivity index (χ2v) is 7.02. The number of amides is 2. The Hall–Kier alpha value is -4.26. The van der Waals surface area contributed by atoms with Crippen LogP contribution in [-0.4, -0.2) is 24.6 Å². The van der Waals surface area contributed by atoms with Crippen LogP contribution in [0.5, 0.6) is 5.75 Å². The van der Waals surface area contributed by atoms with Crippen molar-refractivity contribution in [2.24, 2.45) is 5.10 Å². The molecular weight excluding hydrogens is 421 g/mol. The number of rotatable bonds is 9. The van der Waals surface area contributed by atoms with Crippen molar-refractivity contribution in [3.05, 3.63) is 107 Å². The van der Waals surface area contributed by atoms with Gasteiger partial charge in [-0.3, -0.25) is 9.59 Å². The summed E-state index contributed by atoms with van der Waals surface area (Å²) in [4.78, 5) is 25.4. The summed E-state index contributed by atoms with van der Waals surface area (Å²) in [5.41, 5.74) is 3.61. The average molecular weight is 445 g/mol. The van der Waals surface area contributed by atoms with Gasteiger partial charge in [0.05, 0.1) is 12.8 Å². The van der Waals surface area contributed by atoms with Gasteiger partial charge in [-0.2, -0.15) is 5.10 Å². The van der Waals surface area contributed by atoms with E-state index in [2.05, 4.69) is 15.8 Å². The number of carbonyl (C=O) groups is 2. The average Bonchev–Trinajstić information content (AvgIpc) is 2.84. The third kappa shape index (κ3) is 7.14. The highest BCUT2D eigenvalue weighted by molar-refractivity contribution is 6.05. The quantitative estimate of drug-likeness (QED) is 0.288.